The number of nitrogens with zero attached hydrogens (tertiary/aromatic N) is 4. The first-order valence-electron chi connectivity index (χ1n) is 9.22. The predicted molar refractivity (Wildman–Crippen MR) is 102 cm³/mol. The average molecular weight is 423 g/mol. The van der Waals surface area contributed by atoms with Gasteiger partial charge < -0.3 is 4.90 Å². The van der Waals surface area contributed by atoms with Crippen molar-refractivity contribution in [1.82, 2.24) is 19.5 Å². The molecule has 1 aliphatic heterocycles. The minimum absolute atomic E-state index is 0.195. The molecule has 3 heterocycles. The summed E-state index contributed by atoms with van der Waals surface area (Å²) in [6.45, 7) is 2.59. The van der Waals surface area contributed by atoms with Crippen LogP contribution in [0.3, 0.4) is 0 Å². The third-order valence-electron chi connectivity index (χ3n) is 5.29. The van der Waals surface area contributed by atoms with Crippen molar-refractivity contribution in [3.8, 4) is 0 Å². The first-order valence-corrected chi connectivity index (χ1v) is 9.60. The van der Waals surface area contributed by atoms with Crippen molar-refractivity contribution in [3.63, 3.8) is 0 Å². The third-order valence-corrected chi connectivity index (χ3v) is 5.61. The van der Waals surface area contributed by atoms with E-state index in [1.807, 2.05) is 13.0 Å². The number of hydrogen-bond acceptors (Lipinski definition) is 3. The quantitative estimate of drug-likeness (QED) is 0.600. The molecule has 0 atom stereocenters. The van der Waals surface area contributed by atoms with Gasteiger partial charge in [0.15, 0.2) is 5.65 Å². The normalized spacial score (nSPS) is 15.8. The van der Waals surface area contributed by atoms with Crippen LogP contribution < -0.4 is 0 Å². The second-order valence-electron chi connectivity index (χ2n) is 7.23. The predicted octanol–water partition coefficient (Wildman–Crippen LogP) is 4.73. The van der Waals surface area contributed by atoms with Gasteiger partial charge in [-0.15, -0.1) is 10.2 Å². The number of fused-ring (bicyclic) bond motifs is 1. The molecule has 0 spiro atoms. The zero-order valence-corrected chi connectivity index (χ0v) is 16.3. The molecule has 2 aromatic heterocycles. The number of halogens is 4. The van der Waals surface area contributed by atoms with Gasteiger partial charge in [-0.25, -0.2) is 0 Å². The van der Waals surface area contributed by atoms with E-state index in [0.29, 0.717) is 31.6 Å². The first-order chi connectivity index (χ1) is 13.8. The van der Waals surface area contributed by atoms with Crippen LogP contribution in [0.5, 0.6) is 0 Å². The zero-order valence-electron chi connectivity index (χ0n) is 15.6. The molecule has 1 aromatic carbocycles. The second-order valence-corrected chi connectivity index (χ2v) is 7.63. The van der Waals surface area contributed by atoms with Crippen LogP contribution in [0, 0.1) is 6.92 Å². The Balaban J connectivity index is 1.54. The molecule has 29 heavy (non-hydrogen) atoms. The Bertz CT molecular complexity index is 1070. The highest BCUT2D eigenvalue weighted by atomic mass is 35.5. The van der Waals surface area contributed by atoms with Crippen molar-refractivity contribution in [1.29, 1.82) is 0 Å². The smallest absolute Gasteiger partial charge is 0.336 e. The molecule has 0 bridgehead atoms. The molecular formula is C20H18ClF3N4O. The summed E-state index contributed by atoms with van der Waals surface area (Å²) >= 11 is 5.85. The van der Waals surface area contributed by atoms with Crippen molar-refractivity contribution in [3.05, 3.63) is 64.1 Å². The highest BCUT2D eigenvalue weighted by molar-refractivity contribution is 6.31. The third kappa shape index (κ3) is 3.69. The standard InChI is InChI=1S/C20H18ClF3N4O/c1-12-5-6-16-25-26-18(28(16)11-12)19(29)27-9-7-13(8-10-27)14-3-2-4-15(21)17(14)20(22,23)24/h2-6,11,13H,7-10H2,1H3. The van der Waals surface area contributed by atoms with Crippen LogP contribution in [0.15, 0.2) is 36.5 Å². The fourth-order valence-corrected chi connectivity index (χ4v) is 4.15. The van der Waals surface area contributed by atoms with Crippen LogP contribution >= 0.6 is 11.6 Å². The Morgan fingerprint density at radius 2 is 1.86 bits per heavy atom. The van der Waals surface area contributed by atoms with E-state index in [1.54, 1.807) is 21.6 Å². The van der Waals surface area contributed by atoms with Gasteiger partial charge in [-0.05, 0) is 48.9 Å². The van der Waals surface area contributed by atoms with Gasteiger partial charge in [0.25, 0.3) is 5.91 Å². The van der Waals surface area contributed by atoms with E-state index < -0.39 is 11.7 Å². The number of alkyl halides is 3. The van der Waals surface area contributed by atoms with E-state index in [1.165, 1.54) is 18.2 Å². The van der Waals surface area contributed by atoms with Crippen LogP contribution in [-0.4, -0.2) is 38.5 Å². The molecule has 0 saturated carbocycles. The van der Waals surface area contributed by atoms with E-state index >= 15 is 0 Å². The number of piperidine rings is 1. The van der Waals surface area contributed by atoms with Crippen molar-refractivity contribution < 1.29 is 18.0 Å². The fourth-order valence-electron chi connectivity index (χ4n) is 3.86. The lowest BCUT2D eigenvalue weighted by molar-refractivity contribution is -0.138. The maximum absolute atomic E-state index is 13.5. The number of likely N-dealkylation sites (tertiary alicyclic amines) is 1. The molecular weight excluding hydrogens is 405 g/mol. The molecule has 0 N–H and O–H groups in total. The number of rotatable bonds is 2. The highest BCUT2D eigenvalue weighted by Crippen LogP contribution is 2.42. The van der Waals surface area contributed by atoms with E-state index in [0.717, 1.165) is 5.56 Å². The largest absolute Gasteiger partial charge is 0.418 e. The molecule has 1 amide bonds. The fraction of sp³-hybridized carbons (Fsp3) is 0.350. The van der Waals surface area contributed by atoms with Gasteiger partial charge in [-0.2, -0.15) is 13.2 Å². The topological polar surface area (TPSA) is 50.5 Å². The second kappa shape index (κ2) is 7.33. The Kier molecular flexibility index (Phi) is 4.98. The van der Waals surface area contributed by atoms with Gasteiger partial charge in [-0.3, -0.25) is 9.20 Å². The molecule has 3 aromatic rings. The van der Waals surface area contributed by atoms with Crippen LogP contribution in [0.4, 0.5) is 13.2 Å². The Morgan fingerprint density at radius 3 is 2.55 bits per heavy atom. The molecule has 0 aliphatic carbocycles. The summed E-state index contributed by atoms with van der Waals surface area (Å²) in [6, 6.07) is 7.93. The SMILES string of the molecule is Cc1ccc2nnc(C(=O)N3CCC(c4cccc(Cl)c4C(F)(F)F)CC3)n2c1. The molecule has 1 fully saturated rings. The summed E-state index contributed by atoms with van der Waals surface area (Å²) < 4.78 is 42.0. The van der Waals surface area contributed by atoms with Crippen molar-refractivity contribution >= 4 is 23.2 Å². The van der Waals surface area contributed by atoms with Gasteiger partial charge in [0.2, 0.25) is 5.82 Å². The molecule has 0 radical (unpaired) electrons. The summed E-state index contributed by atoms with van der Waals surface area (Å²) in [5, 5.41) is 7.72. The molecule has 1 aliphatic rings. The molecule has 4 rings (SSSR count). The lowest BCUT2D eigenvalue weighted by Crippen LogP contribution is -2.39. The van der Waals surface area contributed by atoms with Gasteiger partial charge in [-0.1, -0.05) is 29.8 Å². The van der Waals surface area contributed by atoms with Crippen molar-refractivity contribution in [2.75, 3.05) is 13.1 Å². The van der Waals surface area contributed by atoms with Gasteiger partial charge in [0.1, 0.15) is 0 Å². The highest BCUT2D eigenvalue weighted by Gasteiger charge is 2.38. The maximum atomic E-state index is 13.5. The molecule has 152 valence electrons. The van der Waals surface area contributed by atoms with Crippen LogP contribution in [0.2, 0.25) is 5.02 Å². The minimum atomic E-state index is -4.51. The number of hydrogen-bond donors (Lipinski definition) is 0. The number of carbonyl (C=O) groups excluding carboxylic acids is 1. The minimum Gasteiger partial charge on any atom is -0.336 e. The monoisotopic (exact) mass is 422 g/mol. The number of amides is 1. The van der Waals surface area contributed by atoms with E-state index in [-0.39, 0.29) is 28.2 Å². The lowest BCUT2D eigenvalue weighted by Gasteiger charge is -2.33. The summed E-state index contributed by atoms with van der Waals surface area (Å²) in [4.78, 5) is 14.5. The van der Waals surface area contributed by atoms with Crippen molar-refractivity contribution in [2.24, 2.45) is 0 Å². The Labute approximate surface area is 170 Å². The number of carbonyl (C=O) groups is 1. The van der Waals surface area contributed by atoms with E-state index in [2.05, 4.69) is 10.2 Å². The molecule has 0 unspecified atom stereocenters. The van der Waals surface area contributed by atoms with Gasteiger partial charge in [0, 0.05) is 19.3 Å². The Hall–Kier alpha value is -2.61. The van der Waals surface area contributed by atoms with Crippen LogP contribution in [0.25, 0.3) is 5.65 Å². The number of benzene rings is 1. The van der Waals surface area contributed by atoms with E-state index in [9.17, 15) is 18.0 Å². The van der Waals surface area contributed by atoms with Crippen LogP contribution in [0.1, 0.15) is 46.1 Å². The van der Waals surface area contributed by atoms with Crippen LogP contribution in [-0.2, 0) is 6.18 Å². The zero-order chi connectivity index (χ0) is 20.8. The first kappa shape index (κ1) is 19.7. The van der Waals surface area contributed by atoms with Gasteiger partial charge in [0.05, 0.1) is 10.6 Å². The summed E-state index contributed by atoms with van der Waals surface area (Å²) in [6.07, 6.45) is -1.88. The Morgan fingerprint density at radius 1 is 1.14 bits per heavy atom. The van der Waals surface area contributed by atoms with E-state index in [4.69, 9.17) is 11.6 Å². The number of aromatic nitrogens is 3. The lowest BCUT2D eigenvalue weighted by atomic mass is 9.86. The van der Waals surface area contributed by atoms with Crippen molar-refractivity contribution in [2.45, 2.75) is 31.9 Å². The summed E-state index contributed by atoms with van der Waals surface area (Å²) in [5.41, 5.74) is 0.958. The molecule has 1 saturated heterocycles. The molecule has 5 nitrogen and oxygen atoms in total. The maximum Gasteiger partial charge on any atom is 0.418 e. The summed E-state index contributed by atoms with van der Waals surface area (Å²) in [7, 11) is 0. The summed E-state index contributed by atoms with van der Waals surface area (Å²) in [5.74, 6) is -0.378. The van der Waals surface area contributed by atoms with Gasteiger partial charge >= 0.3 is 6.18 Å². The molecule has 9 heteroatoms. The number of aryl methyl sites for hydroxylation is 1. The average Bonchev–Trinajstić information content (AvgIpc) is 3.09. The number of pyridine rings is 1.